The number of hydrogen-bond donors (Lipinski definition) is 1. The monoisotopic (exact) mass is 386 g/mol. The fourth-order valence-electron chi connectivity index (χ4n) is 3.11. The van der Waals surface area contributed by atoms with Crippen molar-refractivity contribution in [3.8, 4) is 0 Å². The Balaban J connectivity index is 1.71. The van der Waals surface area contributed by atoms with E-state index < -0.39 is 10.0 Å². The van der Waals surface area contributed by atoms with Crippen LogP contribution in [0.15, 0.2) is 60.0 Å². The van der Waals surface area contributed by atoms with E-state index in [0.717, 1.165) is 24.2 Å². The van der Waals surface area contributed by atoms with Gasteiger partial charge in [0.2, 0.25) is 10.0 Å². The molecule has 1 heterocycles. The predicted molar refractivity (Wildman–Crippen MR) is 109 cm³/mol. The Bertz CT molecular complexity index is 843. The number of benzene rings is 2. The lowest BCUT2D eigenvalue weighted by molar-refractivity contribution is 0.0172. The van der Waals surface area contributed by atoms with Gasteiger partial charge in [-0.3, -0.25) is 4.90 Å². The van der Waals surface area contributed by atoms with E-state index in [1.165, 1.54) is 11.0 Å². The lowest BCUT2D eigenvalue weighted by atomic mass is 10.0. The zero-order chi connectivity index (χ0) is 19.1. The molecule has 27 heavy (non-hydrogen) atoms. The van der Waals surface area contributed by atoms with E-state index in [2.05, 4.69) is 33.9 Å². The van der Waals surface area contributed by atoms with Gasteiger partial charge in [0.15, 0.2) is 0 Å². The second-order valence-electron chi connectivity index (χ2n) is 6.68. The van der Waals surface area contributed by atoms with Crippen molar-refractivity contribution in [2.45, 2.75) is 13.0 Å². The predicted octanol–water partition coefficient (Wildman–Crippen LogP) is 2.96. The minimum atomic E-state index is -3.52. The summed E-state index contributed by atoms with van der Waals surface area (Å²) in [4.78, 5) is 2.28. The number of nitrogens with one attached hydrogen (secondary N) is 1. The highest BCUT2D eigenvalue weighted by Gasteiger charge is 2.23. The van der Waals surface area contributed by atoms with Crippen LogP contribution in [0.3, 0.4) is 0 Å². The number of aryl methyl sites for hydroxylation is 1. The van der Waals surface area contributed by atoms with Gasteiger partial charge in [0, 0.05) is 31.1 Å². The topological polar surface area (TPSA) is 58.6 Å². The molecule has 5 nitrogen and oxygen atoms in total. The smallest absolute Gasteiger partial charge is 0.233 e. The zero-order valence-corrected chi connectivity index (χ0v) is 16.4. The van der Waals surface area contributed by atoms with E-state index in [4.69, 9.17) is 4.74 Å². The highest BCUT2D eigenvalue weighted by Crippen LogP contribution is 2.22. The van der Waals surface area contributed by atoms with Crippen molar-refractivity contribution >= 4 is 16.1 Å². The second kappa shape index (κ2) is 9.28. The third-order valence-electron chi connectivity index (χ3n) is 4.67. The van der Waals surface area contributed by atoms with Crippen LogP contribution < -0.4 is 4.72 Å². The summed E-state index contributed by atoms with van der Waals surface area (Å²) in [5.74, 6) is 0. The minimum Gasteiger partial charge on any atom is -0.379 e. The Labute approximate surface area is 161 Å². The standard InChI is InChI=1S/C21H26N2O3S/c1-18-7-9-20(10-8-18)21(23-12-14-26-15-13-23)17-22-27(24,25)16-11-19-5-3-2-4-6-19/h2-11,16,21-22H,12-15,17H2,1H3/b16-11+. The van der Waals surface area contributed by atoms with Crippen molar-refractivity contribution in [2.75, 3.05) is 32.8 Å². The molecular weight excluding hydrogens is 360 g/mol. The molecule has 1 saturated heterocycles. The molecule has 3 rings (SSSR count). The molecule has 1 aliphatic heterocycles. The fourth-order valence-corrected chi connectivity index (χ4v) is 3.93. The summed E-state index contributed by atoms with van der Waals surface area (Å²) in [6, 6.07) is 17.7. The number of ether oxygens (including phenoxy) is 1. The number of morpholine rings is 1. The minimum absolute atomic E-state index is 0.0191. The van der Waals surface area contributed by atoms with Gasteiger partial charge in [0.1, 0.15) is 0 Å². The molecule has 144 valence electrons. The van der Waals surface area contributed by atoms with E-state index in [-0.39, 0.29) is 6.04 Å². The number of sulfonamides is 1. The maximum absolute atomic E-state index is 12.4. The van der Waals surface area contributed by atoms with Crippen LogP contribution in [0.2, 0.25) is 0 Å². The van der Waals surface area contributed by atoms with Crippen molar-refractivity contribution in [3.63, 3.8) is 0 Å². The van der Waals surface area contributed by atoms with Crippen LogP contribution in [-0.2, 0) is 14.8 Å². The van der Waals surface area contributed by atoms with Gasteiger partial charge in [-0.2, -0.15) is 0 Å². The summed E-state index contributed by atoms with van der Waals surface area (Å²) >= 11 is 0. The molecule has 1 unspecified atom stereocenters. The van der Waals surface area contributed by atoms with Gasteiger partial charge < -0.3 is 4.74 Å². The first-order valence-electron chi connectivity index (χ1n) is 9.15. The fraction of sp³-hybridized carbons (Fsp3) is 0.333. The molecule has 0 amide bonds. The first-order valence-corrected chi connectivity index (χ1v) is 10.7. The lowest BCUT2D eigenvalue weighted by Gasteiger charge is -2.34. The third kappa shape index (κ3) is 6.01. The Morgan fingerprint density at radius 2 is 1.74 bits per heavy atom. The molecule has 1 aliphatic rings. The molecule has 0 radical (unpaired) electrons. The summed E-state index contributed by atoms with van der Waals surface area (Å²) in [5.41, 5.74) is 3.15. The van der Waals surface area contributed by atoms with Crippen LogP contribution in [0.1, 0.15) is 22.7 Å². The van der Waals surface area contributed by atoms with Crippen molar-refractivity contribution in [2.24, 2.45) is 0 Å². The molecule has 0 bridgehead atoms. The van der Waals surface area contributed by atoms with Crippen molar-refractivity contribution in [1.82, 2.24) is 9.62 Å². The van der Waals surface area contributed by atoms with Gasteiger partial charge in [-0.1, -0.05) is 60.2 Å². The van der Waals surface area contributed by atoms with Gasteiger partial charge >= 0.3 is 0 Å². The average Bonchev–Trinajstić information content (AvgIpc) is 2.70. The van der Waals surface area contributed by atoms with Gasteiger partial charge in [-0.25, -0.2) is 13.1 Å². The van der Waals surface area contributed by atoms with Gasteiger partial charge in [0.05, 0.1) is 13.2 Å². The van der Waals surface area contributed by atoms with Crippen LogP contribution in [-0.4, -0.2) is 46.2 Å². The molecular formula is C21H26N2O3S. The molecule has 1 N–H and O–H groups in total. The van der Waals surface area contributed by atoms with E-state index >= 15 is 0 Å². The van der Waals surface area contributed by atoms with E-state index in [1.54, 1.807) is 6.08 Å². The van der Waals surface area contributed by atoms with Crippen LogP contribution in [0.5, 0.6) is 0 Å². The molecule has 2 aromatic rings. The zero-order valence-electron chi connectivity index (χ0n) is 15.5. The van der Waals surface area contributed by atoms with Crippen molar-refractivity contribution < 1.29 is 13.2 Å². The first-order chi connectivity index (χ1) is 13.0. The average molecular weight is 387 g/mol. The summed E-state index contributed by atoms with van der Waals surface area (Å²) < 4.78 is 33.1. The molecule has 0 aromatic heterocycles. The van der Waals surface area contributed by atoms with E-state index in [9.17, 15) is 8.42 Å². The number of hydrogen-bond acceptors (Lipinski definition) is 4. The van der Waals surface area contributed by atoms with E-state index in [0.29, 0.717) is 19.8 Å². The molecule has 6 heteroatoms. The first kappa shape index (κ1) is 19.8. The Hall–Kier alpha value is -1.99. The Morgan fingerprint density at radius 3 is 2.41 bits per heavy atom. The highest BCUT2D eigenvalue weighted by molar-refractivity contribution is 7.92. The summed E-state index contributed by atoms with van der Waals surface area (Å²) in [6.45, 7) is 5.29. The maximum atomic E-state index is 12.4. The van der Waals surface area contributed by atoms with Gasteiger partial charge in [-0.15, -0.1) is 0 Å². The SMILES string of the molecule is Cc1ccc(C(CNS(=O)(=O)/C=C/c2ccccc2)N2CCOCC2)cc1. The van der Waals surface area contributed by atoms with E-state index in [1.807, 2.05) is 37.3 Å². The quantitative estimate of drug-likeness (QED) is 0.795. The Kier molecular flexibility index (Phi) is 6.79. The van der Waals surface area contributed by atoms with Crippen molar-refractivity contribution in [3.05, 3.63) is 76.7 Å². The number of rotatable bonds is 7. The van der Waals surface area contributed by atoms with Gasteiger partial charge in [0.25, 0.3) is 0 Å². The second-order valence-corrected chi connectivity index (χ2v) is 8.33. The van der Waals surface area contributed by atoms with Crippen molar-refractivity contribution in [1.29, 1.82) is 0 Å². The third-order valence-corrected chi connectivity index (χ3v) is 5.73. The molecule has 0 aliphatic carbocycles. The van der Waals surface area contributed by atoms with Crippen LogP contribution in [0.4, 0.5) is 0 Å². The maximum Gasteiger partial charge on any atom is 0.233 e. The molecule has 0 saturated carbocycles. The largest absolute Gasteiger partial charge is 0.379 e. The molecule has 1 fully saturated rings. The van der Waals surface area contributed by atoms with Crippen LogP contribution in [0.25, 0.3) is 6.08 Å². The highest BCUT2D eigenvalue weighted by atomic mass is 32.2. The lowest BCUT2D eigenvalue weighted by Crippen LogP contribution is -2.43. The summed E-state index contributed by atoms with van der Waals surface area (Å²) in [6.07, 6.45) is 1.61. The van der Waals surface area contributed by atoms with Gasteiger partial charge in [-0.05, 0) is 24.1 Å². The molecule has 2 aromatic carbocycles. The van der Waals surface area contributed by atoms with Crippen LogP contribution >= 0.6 is 0 Å². The number of nitrogens with zero attached hydrogens (tertiary/aromatic N) is 1. The Morgan fingerprint density at radius 1 is 1.07 bits per heavy atom. The molecule has 1 atom stereocenters. The summed E-state index contributed by atoms with van der Waals surface area (Å²) in [7, 11) is -3.52. The molecule has 0 spiro atoms. The normalized spacial score (nSPS) is 17.2. The summed E-state index contributed by atoms with van der Waals surface area (Å²) in [5, 5.41) is 1.23. The van der Waals surface area contributed by atoms with Crippen LogP contribution in [0, 0.1) is 6.92 Å².